The average molecular weight is 349 g/mol. The summed E-state index contributed by atoms with van der Waals surface area (Å²) in [5.41, 5.74) is 6.01. The summed E-state index contributed by atoms with van der Waals surface area (Å²) < 4.78 is 40.4. The first-order chi connectivity index (χ1) is 9.33. The van der Waals surface area contributed by atoms with Crippen molar-refractivity contribution in [3.8, 4) is 5.75 Å². The minimum Gasteiger partial charge on any atom is -0.405 e. The highest BCUT2D eigenvalue weighted by Crippen LogP contribution is 2.33. The van der Waals surface area contributed by atoms with Crippen LogP contribution in [0.3, 0.4) is 0 Å². The zero-order valence-corrected chi connectivity index (χ0v) is 11.4. The number of rotatable bonds is 3. The van der Waals surface area contributed by atoms with Crippen molar-refractivity contribution in [2.45, 2.75) is 6.36 Å². The van der Waals surface area contributed by atoms with Gasteiger partial charge in [-0.25, -0.2) is 9.97 Å². The van der Waals surface area contributed by atoms with E-state index in [2.05, 4.69) is 36.0 Å². The Morgan fingerprint density at radius 2 is 1.95 bits per heavy atom. The van der Waals surface area contributed by atoms with Crippen molar-refractivity contribution in [1.29, 1.82) is 0 Å². The van der Waals surface area contributed by atoms with Crippen LogP contribution >= 0.6 is 15.9 Å². The van der Waals surface area contributed by atoms with Gasteiger partial charge in [0.2, 0.25) is 0 Å². The fraction of sp³-hybridized carbons (Fsp3) is 0.0909. The van der Waals surface area contributed by atoms with E-state index in [1.54, 1.807) is 0 Å². The molecule has 0 amide bonds. The highest BCUT2D eigenvalue weighted by Gasteiger charge is 2.31. The molecule has 0 atom stereocenters. The molecule has 1 aromatic carbocycles. The second-order valence-corrected chi connectivity index (χ2v) is 4.50. The highest BCUT2D eigenvalue weighted by atomic mass is 79.9. The van der Waals surface area contributed by atoms with Crippen LogP contribution in [0.5, 0.6) is 5.75 Å². The fourth-order valence-electron chi connectivity index (χ4n) is 1.37. The number of anilines is 3. The van der Waals surface area contributed by atoms with Gasteiger partial charge in [0, 0.05) is 11.8 Å². The number of benzene rings is 1. The van der Waals surface area contributed by atoms with Crippen molar-refractivity contribution in [1.82, 2.24) is 9.97 Å². The Balaban J connectivity index is 2.17. The van der Waals surface area contributed by atoms with Crippen LogP contribution in [0.1, 0.15) is 0 Å². The molecule has 0 saturated carbocycles. The number of nitrogens with zero attached hydrogens (tertiary/aromatic N) is 2. The van der Waals surface area contributed by atoms with Crippen molar-refractivity contribution >= 4 is 33.3 Å². The van der Waals surface area contributed by atoms with E-state index in [1.165, 1.54) is 30.6 Å². The molecule has 0 spiro atoms. The highest BCUT2D eigenvalue weighted by molar-refractivity contribution is 9.10. The number of nitrogens with one attached hydrogen (secondary N) is 1. The third-order valence-electron chi connectivity index (χ3n) is 2.12. The topological polar surface area (TPSA) is 73.1 Å². The quantitative estimate of drug-likeness (QED) is 0.888. The summed E-state index contributed by atoms with van der Waals surface area (Å²) in [6.07, 6.45) is -3.47. The average Bonchev–Trinajstić information content (AvgIpc) is 2.31. The lowest BCUT2D eigenvalue weighted by molar-refractivity contribution is -0.274. The molecule has 2 rings (SSSR count). The molecule has 0 fully saturated rings. The molecule has 1 heterocycles. The second-order valence-electron chi connectivity index (χ2n) is 3.65. The van der Waals surface area contributed by atoms with Crippen LogP contribution in [0.25, 0.3) is 0 Å². The van der Waals surface area contributed by atoms with Gasteiger partial charge in [-0.15, -0.1) is 13.2 Å². The molecule has 2 aromatic rings. The minimum absolute atomic E-state index is 0.154. The Morgan fingerprint density at radius 3 is 2.55 bits per heavy atom. The zero-order chi connectivity index (χ0) is 14.8. The molecule has 5 nitrogen and oxygen atoms in total. The predicted molar refractivity (Wildman–Crippen MR) is 70.6 cm³/mol. The maximum atomic E-state index is 12.1. The standard InChI is InChI=1S/C11H8BrF3N4O/c12-7-3-6(1-2-8(7)20-11(13,14)15)19-10-4-9(16)17-5-18-10/h1-5H,(H3,16,17,18,19). The van der Waals surface area contributed by atoms with E-state index in [0.717, 1.165) is 0 Å². The molecular weight excluding hydrogens is 341 g/mol. The number of ether oxygens (including phenoxy) is 1. The van der Waals surface area contributed by atoms with Gasteiger partial charge in [0.05, 0.1) is 4.47 Å². The Bertz CT molecular complexity index is 621. The van der Waals surface area contributed by atoms with Crippen molar-refractivity contribution in [3.63, 3.8) is 0 Å². The van der Waals surface area contributed by atoms with E-state index >= 15 is 0 Å². The fourth-order valence-corrected chi connectivity index (χ4v) is 1.83. The van der Waals surface area contributed by atoms with Gasteiger partial charge in [0.25, 0.3) is 0 Å². The normalized spacial score (nSPS) is 11.2. The van der Waals surface area contributed by atoms with Gasteiger partial charge in [0.1, 0.15) is 23.7 Å². The number of halogens is 4. The first-order valence-electron chi connectivity index (χ1n) is 5.23. The Kier molecular flexibility index (Phi) is 3.98. The summed E-state index contributed by atoms with van der Waals surface area (Å²) in [5.74, 6) is 0.373. The largest absolute Gasteiger partial charge is 0.573 e. The summed E-state index contributed by atoms with van der Waals surface area (Å²) in [6, 6.07) is 5.53. The molecule has 0 aliphatic rings. The second kappa shape index (κ2) is 5.53. The SMILES string of the molecule is Nc1cc(Nc2ccc(OC(F)(F)F)c(Br)c2)ncn1. The molecule has 3 N–H and O–H groups in total. The van der Waals surface area contributed by atoms with E-state index in [9.17, 15) is 13.2 Å². The van der Waals surface area contributed by atoms with Crippen molar-refractivity contribution < 1.29 is 17.9 Å². The maximum absolute atomic E-state index is 12.1. The van der Waals surface area contributed by atoms with E-state index in [1.807, 2.05) is 0 Å². The van der Waals surface area contributed by atoms with E-state index in [0.29, 0.717) is 11.5 Å². The first kappa shape index (κ1) is 14.4. The Labute approximate surface area is 120 Å². The summed E-state index contributed by atoms with van der Waals surface area (Å²) in [6.45, 7) is 0. The monoisotopic (exact) mass is 348 g/mol. The van der Waals surface area contributed by atoms with Gasteiger partial charge in [0.15, 0.2) is 0 Å². The van der Waals surface area contributed by atoms with Crippen molar-refractivity contribution in [2.24, 2.45) is 0 Å². The van der Waals surface area contributed by atoms with Crippen LogP contribution in [0.15, 0.2) is 35.1 Å². The lowest BCUT2D eigenvalue weighted by Gasteiger charge is -2.12. The van der Waals surface area contributed by atoms with Crippen LogP contribution in [-0.2, 0) is 0 Å². The summed E-state index contributed by atoms with van der Waals surface area (Å²) in [4.78, 5) is 7.64. The Hall–Kier alpha value is -2.03. The molecule has 0 aliphatic heterocycles. The minimum atomic E-state index is -4.74. The van der Waals surface area contributed by atoms with Gasteiger partial charge in [-0.2, -0.15) is 0 Å². The molecule has 1 aromatic heterocycles. The van der Waals surface area contributed by atoms with Gasteiger partial charge in [-0.1, -0.05) is 0 Å². The van der Waals surface area contributed by atoms with Crippen molar-refractivity contribution in [3.05, 3.63) is 35.1 Å². The molecule has 20 heavy (non-hydrogen) atoms. The number of hydrogen-bond donors (Lipinski definition) is 2. The number of alkyl halides is 3. The first-order valence-corrected chi connectivity index (χ1v) is 6.02. The summed E-state index contributed by atoms with van der Waals surface area (Å²) in [5, 5.41) is 2.88. The van der Waals surface area contributed by atoms with Crippen LogP contribution in [0.4, 0.5) is 30.5 Å². The number of nitrogens with two attached hydrogens (primary N) is 1. The van der Waals surface area contributed by atoms with Crippen LogP contribution in [-0.4, -0.2) is 16.3 Å². The lowest BCUT2D eigenvalue weighted by Crippen LogP contribution is -2.17. The van der Waals surface area contributed by atoms with Crippen LogP contribution in [0.2, 0.25) is 0 Å². The lowest BCUT2D eigenvalue weighted by atomic mass is 10.3. The molecule has 0 bridgehead atoms. The van der Waals surface area contributed by atoms with Gasteiger partial charge < -0.3 is 15.8 Å². The van der Waals surface area contributed by atoms with Gasteiger partial charge in [-0.05, 0) is 34.1 Å². The molecule has 0 radical (unpaired) electrons. The third-order valence-corrected chi connectivity index (χ3v) is 2.74. The van der Waals surface area contributed by atoms with Crippen molar-refractivity contribution in [2.75, 3.05) is 11.1 Å². The molecule has 0 unspecified atom stereocenters. The third kappa shape index (κ3) is 3.98. The molecule has 0 aliphatic carbocycles. The molecule has 0 saturated heterocycles. The predicted octanol–water partition coefficient (Wildman–Crippen LogP) is 3.46. The van der Waals surface area contributed by atoms with Crippen LogP contribution in [0, 0.1) is 0 Å². The summed E-state index contributed by atoms with van der Waals surface area (Å²) >= 11 is 3.01. The molecule has 106 valence electrons. The molecular formula is C11H8BrF3N4O. The Morgan fingerprint density at radius 1 is 1.20 bits per heavy atom. The van der Waals surface area contributed by atoms with E-state index in [4.69, 9.17) is 5.73 Å². The zero-order valence-electron chi connectivity index (χ0n) is 9.78. The number of nitrogen functional groups attached to an aromatic ring is 1. The number of hydrogen-bond acceptors (Lipinski definition) is 5. The summed E-state index contributed by atoms with van der Waals surface area (Å²) in [7, 11) is 0. The van der Waals surface area contributed by atoms with E-state index < -0.39 is 6.36 Å². The van der Waals surface area contributed by atoms with Gasteiger partial charge in [-0.3, -0.25) is 0 Å². The van der Waals surface area contributed by atoms with Crippen LogP contribution < -0.4 is 15.8 Å². The van der Waals surface area contributed by atoms with Gasteiger partial charge >= 0.3 is 6.36 Å². The number of aromatic nitrogens is 2. The smallest absolute Gasteiger partial charge is 0.405 e. The van der Waals surface area contributed by atoms with E-state index in [-0.39, 0.29) is 16.0 Å². The maximum Gasteiger partial charge on any atom is 0.573 e. The molecule has 9 heteroatoms.